The summed E-state index contributed by atoms with van der Waals surface area (Å²) in [5.41, 5.74) is 0. The second-order valence-electron chi connectivity index (χ2n) is 17.6. The Balaban J connectivity index is 2.41. The lowest BCUT2D eigenvalue weighted by atomic mass is 9.85. The predicted molar refractivity (Wildman–Crippen MR) is 294 cm³/mol. The number of rotatable bonds is 43. The van der Waals surface area contributed by atoms with E-state index in [1.165, 1.54) is 0 Å². The van der Waals surface area contributed by atoms with Crippen molar-refractivity contribution in [1.29, 1.82) is 0 Å². The number of phosphoric ester groups is 1. The first-order valence-electron chi connectivity index (χ1n) is 26.7. The molecule has 0 aromatic heterocycles. The Labute approximate surface area is 434 Å². The minimum Gasteiger partial charge on any atom is -0.457 e. The van der Waals surface area contributed by atoms with E-state index in [2.05, 4.69) is 148 Å². The lowest BCUT2D eigenvalue weighted by Gasteiger charge is -2.41. The fraction of sp³-hybridized carbons (Fsp3) is 0.576. The predicted octanol–water partition coefficient (Wildman–Crippen LogP) is 12.5. The average Bonchev–Trinajstić information content (AvgIpc) is 3.37. The van der Waals surface area contributed by atoms with E-state index < -0.39 is 63.1 Å². The lowest BCUT2D eigenvalue weighted by molar-refractivity contribution is -0.220. The zero-order chi connectivity index (χ0) is 52.6. The SMILES string of the molecule is CC/C=C\C/C=C\C/C=C\C/C=C\C/C=C\C/C=C\C/C=C\CCCC(=O)OC(COCCCCCCCC/C=C\C/C=C\C/C=C\C/C=C\C/C=C\CC)COP(=O)(O)OC1C(O)C(O)C(O)C(O)C1O. The summed E-state index contributed by atoms with van der Waals surface area (Å²) in [6, 6.07) is 0. The fourth-order valence-electron chi connectivity index (χ4n) is 7.08. The van der Waals surface area contributed by atoms with Crippen LogP contribution in [0.2, 0.25) is 0 Å². The summed E-state index contributed by atoms with van der Waals surface area (Å²) in [6.45, 7) is 3.92. The minimum absolute atomic E-state index is 0.0910. The number of unbranched alkanes of at least 4 members (excludes halogenated alkanes) is 7. The summed E-state index contributed by atoms with van der Waals surface area (Å²) >= 11 is 0. The van der Waals surface area contributed by atoms with E-state index in [4.69, 9.17) is 18.5 Å². The van der Waals surface area contributed by atoms with E-state index >= 15 is 0 Å². The molecular formula is C59H93O12P. The van der Waals surface area contributed by atoms with Crippen LogP contribution >= 0.6 is 7.82 Å². The lowest BCUT2D eigenvalue weighted by Crippen LogP contribution is -2.64. The normalized spacial score (nSPS) is 21.8. The molecular weight excluding hydrogens is 932 g/mol. The molecule has 0 radical (unpaired) electrons. The summed E-state index contributed by atoms with van der Waals surface area (Å²) in [5, 5.41) is 50.4. The van der Waals surface area contributed by atoms with Crippen LogP contribution in [0.3, 0.4) is 0 Å². The zero-order valence-electron chi connectivity index (χ0n) is 43.7. The van der Waals surface area contributed by atoms with Gasteiger partial charge in [-0.3, -0.25) is 13.8 Å². The molecule has 12 nitrogen and oxygen atoms in total. The van der Waals surface area contributed by atoms with Gasteiger partial charge in [0.15, 0.2) is 0 Å². The quantitative estimate of drug-likeness (QED) is 0.0147. The van der Waals surface area contributed by atoms with Crippen molar-refractivity contribution in [2.75, 3.05) is 19.8 Å². The highest BCUT2D eigenvalue weighted by molar-refractivity contribution is 7.47. The van der Waals surface area contributed by atoms with Gasteiger partial charge < -0.3 is 39.9 Å². The second-order valence-corrected chi connectivity index (χ2v) is 19.0. The third-order valence-corrected chi connectivity index (χ3v) is 12.2. The van der Waals surface area contributed by atoms with Gasteiger partial charge in [-0.1, -0.05) is 185 Å². The van der Waals surface area contributed by atoms with Crippen molar-refractivity contribution < 1.29 is 58.3 Å². The Bertz CT molecular complexity index is 1740. The number of aliphatic hydroxyl groups is 5. The molecule has 1 aliphatic rings. The third-order valence-electron chi connectivity index (χ3n) is 11.2. The van der Waals surface area contributed by atoms with E-state index in [9.17, 15) is 39.8 Å². The maximum atomic E-state index is 12.9. The van der Waals surface area contributed by atoms with Gasteiger partial charge in [0.05, 0.1) is 13.2 Å². The van der Waals surface area contributed by atoms with Gasteiger partial charge in [0.2, 0.25) is 0 Å². The van der Waals surface area contributed by atoms with Crippen molar-refractivity contribution in [3.63, 3.8) is 0 Å². The van der Waals surface area contributed by atoms with Crippen LogP contribution in [0.5, 0.6) is 0 Å². The maximum absolute atomic E-state index is 12.9. The molecule has 72 heavy (non-hydrogen) atoms. The number of esters is 1. The Kier molecular flexibility index (Phi) is 43.2. The highest BCUT2D eigenvalue weighted by Gasteiger charge is 2.51. The number of aliphatic hydroxyl groups excluding tert-OH is 5. The van der Waals surface area contributed by atoms with Gasteiger partial charge >= 0.3 is 13.8 Å². The van der Waals surface area contributed by atoms with E-state index in [0.29, 0.717) is 19.4 Å². The third kappa shape index (κ3) is 37.9. The molecule has 6 atom stereocenters. The van der Waals surface area contributed by atoms with Gasteiger partial charge in [0.25, 0.3) is 0 Å². The molecule has 13 heteroatoms. The summed E-state index contributed by atoms with van der Waals surface area (Å²) in [5.74, 6) is -0.547. The number of hydrogen-bond acceptors (Lipinski definition) is 11. The smallest absolute Gasteiger partial charge is 0.457 e. The zero-order valence-corrected chi connectivity index (χ0v) is 44.5. The highest BCUT2D eigenvalue weighted by atomic mass is 31.2. The summed E-state index contributed by atoms with van der Waals surface area (Å²) in [6.07, 6.45) is 59.1. The molecule has 0 spiro atoms. The average molecular weight is 1030 g/mol. The fourth-order valence-corrected chi connectivity index (χ4v) is 8.05. The number of hydrogen-bond donors (Lipinski definition) is 6. The number of phosphoric acid groups is 1. The topological polar surface area (TPSA) is 192 Å². The van der Waals surface area contributed by atoms with Gasteiger partial charge in [0, 0.05) is 13.0 Å². The summed E-state index contributed by atoms with van der Waals surface area (Å²) < 4.78 is 34.3. The molecule has 0 aliphatic heterocycles. The molecule has 406 valence electrons. The van der Waals surface area contributed by atoms with Crippen molar-refractivity contribution in [2.45, 2.75) is 198 Å². The number of allylic oxidation sites excluding steroid dienone is 24. The number of carbonyl (C=O) groups excluding carboxylic acids is 1. The number of carbonyl (C=O) groups is 1. The Morgan fingerprint density at radius 1 is 0.444 bits per heavy atom. The van der Waals surface area contributed by atoms with E-state index in [-0.39, 0.29) is 13.0 Å². The molecule has 0 bridgehead atoms. The first kappa shape index (κ1) is 66.2. The van der Waals surface area contributed by atoms with E-state index in [1.54, 1.807) is 0 Å². The molecule has 0 saturated heterocycles. The van der Waals surface area contributed by atoms with E-state index in [1.807, 2.05) is 12.2 Å². The largest absolute Gasteiger partial charge is 0.472 e. The van der Waals surface area contributed by atoms with Crippen LogP contribution in [0.25, 0.3) is 0 Å². The first-order valence-corrected chi connectivity index (χ1v) is 28.2. The van der Waals surface area contributed by atoms with Gasteiger partial charge in [-0.15, -0.1) is 0 Å². The van der Waals surface area contributed by atoms with E-state index in [0.717, 1.165) is 122 Å². The summed E-state index contributed by atoms with van der Waals surface area (Å²) in [4.78, 5) is 23.3. The Hall–Kier alpha value is -3.78. The second kappa shape index (κ2) is 47.0. The minimum atomic E-state index is -5.06. The van der Waals surface area contributed by atoms with Crippen LogP contribution < -0.4 is 0 Å². The standard InChI is InChI=1S/C59H93O12P/c1-3-5-7-9-11-13-15-17-19-21-23-25-27-28-30-32-34-36-38-40-42-44-46-48-53(60)70-52(51-69-72(66,67)71-59-57(64)55(62)54(61)56(63)58(59)65)50-68-49-47-45-43-41-39-37-35-33-31-29-26-24-22-20-18-16-14-12-10-8-6-4-2/h5-8,11-14,17-20,23-26,28,30-31,33-34,36,40,42,52,54-59,61-65H,3-4,9-10,15-16,21-22,27,29,32,35,37-39,41,43-51H2,1-2H3,(H,66,67)/b7-5-,8-6-,13-11-,14-12-,19-17-,20-18-,25-23-,26-24-,30-28-,33-31-,36-34-,42-40-. The van der Waals surface area contributed by atoms with Crippen LogP contribution in [0.1, 0.15) is 155 Å². The van der Waals surface area contributed by atoms with Crippen molar-refractivity contribution >= 4 is 13.8 Å². The van der Waals surface area contributed by atoms with Gasteiger partial charge in [-0.2, -0.15) is 0 Å². The van der Waals surface area contributed by atoms with Gasteiger partial charge in [-0.05, 0) is 109 Å². The monoisotopic (exact) mass is 1020 g/mol. The van der Waals surface area contributed by atoms with Crippen LogP contribution in [0.4, 0.5) is 0 Å². The first-order chi connectivity index (χ1) is 35.0. The van der Waals surface area contributed by atoms with Crippen molar-refractivity contribution in [3.05, 3.63) is 146 Å². The Morgan fingerprint density at radius 2 is 0.778 bits per heavy atom. The Morgan fingerprint density at radius 3 is 1.18 bits per heavy atom. The molecule has 1 saturated carbocycles. The van der Waals surface area contributed by atoms with Crippen LogP contribution in [0.15, 0.2) is 146 Å². The van der Waals surface area contributed by atoms with Crippen LogP contribution in [-0.4, -0.2) is 98.9 Å². The molecule has 0 aromatic rings. The van der Waals surface area contributed by atoms with Crippen molar-refractivity contribution in [1.82, 2.24) is 0 Å². The molecule has 0 heterocycles. The maximum Gasteiger partial charge on any atom is 0.472 e. The van der Waals surface area contributed by atoms with Gasteiger partial charge in [-0.25, -0.2) is 4.57 Å². The molecule has 6 unspecified atom stereocenters. The summed E-state index contributed by atoms with van der Waals surface area (Å²) in [7, 11) is -5.06. The molecule has 6 N–H and O–H groups in total. The van der Waals surface area contributed by atoms with Gasteiger partial charge in [0.1, 0.15) is 42.7 Å². The molecule has 1 aliphatic carbocycles. The molecule has 1 rings (SSSR count). The molecule has 0 aromatic carbocycles. The molecule has 0 amide bonds. The van der Waals surface area contributed by atoms with Crippen molar-refractivity contribution in [3.8, 4) is 0 Å². The van der Waals surface area contributed by atoms with Crippen LogP contribution in [-0.2, 0) is 27.9 Å². The van der Waals surface area contributed by atoms with Crippen molar-refractivity contribution in [2.24, 2.45) is 0 Å². The number of ether oxygens (including phenoxy) is 2. The van der Waals surface area contributed by atoms with Crippen LogP contribution in [0, 0.1) is 0 Å². The molecule has 1 fully saturated rings. The highest BCUT2D eigenvalue weighted by Crippen LogP contribution is 2.47.